The number of carboxylic acid groups (broad SMARTS) is 1. The molecule has 4 N–H and O–H groups in total. The van der Waals surface area contributed by atoms with Gasteiger partial charge in [-0.1, -0.05) is 18.2 Å². The highest BCUT2D eigenvalue weighted by Crippen LogP contribution is 2.27. The van der Waals surface area contributed by atoms with Crippen LogP contribution in [0.1, 0.15) is 25.3 Å². The first kappa shape index (κ1) is 17.0. The van der Waals surface area contributed by atoms with Crippen LogP contribution in [0.15, 0.2) is 24.3 Å². The van der Waals surface area contributed by atoms with Crippen molar-refractivity contribution in [3.8, 4) is 0 Å². The Kier molecular flexibility index (Phi) is 5.00. The van der Waals surface area contributed by atoms with Crippen LogP contribution in [0, 0.1) is 5.92 Å². The van der Waals surface area contributed by atoms with Crippen molar-refractivity contribution in [1.82, 2.24) is 5.32 Å². The van der Waals surface area contributed by atoms with Crippen LogP contribution in [0.2, 0.25) is 0 Å². The maximum Gasteiger partial charge on any atom is 0.337 e. The highest BCUT2D eigenvalue weighted by Gasteiger charge is 2.31. The summed E-state index contributed by atoms with van der Waals surface area (Å²) in [5.41, 5.74) is -0.168. The topological polar surface area (TPSA) is 116 Å². The molecule has 2 rings (SSSR count). The van der Waals surface area contributed by atoms with Crippen LogP contribution < -0.4 is 10.6 Å². The molecule has 1 aromatic carbocycles. The van der Waals surface area contributed by atoms with Crippen LogP contribution in [0.5, 0.6) is 0 Å². The summed E-state index contributed by atoms with van der Waals surface area (Å²) in [5, 5.41) is 23.5. The maximum absolute atomic E-state index is 12.0. The molecule has 1 aromatic rings. The van der Waals surface area contributed by atoms with Gasteiger partial charge < -0.3 is 20.8 Å². The summed E-state index contributed by atoms with van der Waals surface area (Å²) in [6, 6.07) is 7.52. The molecule has 2 amide bonds. The average molecular weight is 320 g/mol. The molecule has 0 aliphatic carbocycles. The number of fused-ring (bicyclic) bond motifs is 1. The van der Waals surface area contributed by atoms with Crippen LogP contribution in [0.4, 0.5) is 5.69 Å². The second kappa shape index (κ2) is 6.78. The summed E-state index contributed by atoms with van der Waals surface area (Å²) >= 11 is 0. The van der Waals surface area contributed by atoms with Crippen molar-refractivity contribution in [2.24, 2.45) is 5.92 Å². The van der Waals surface area contributed by atoms with Gasteiger partial charge in [-0.05, 0) is 31.4 Å². The zero-order chi connectivity index (χ0) is 17.0. The molecule has 2 unspecified atom stereocenters. The molecule has 2 atom stereocenters. The fourth-order valence-electron chi connectivity index (χ4n) is 2.39. The first-order valence-electron chi connectivity index (χ1n) is 7.41. The van der Waals surface area contributed by atoms with Crippen molar-refractivity contribution in [3.05, 3.63) is 29.8 Å². The maximum atomic E-state index is 12.0. The van der Waals surface area contributed by atoms with Crippen molar-refractivity contribution >= 4 is 23.5 Å². The van der Waals surface area contributed by atoms with Gasteiger partial charge in [-0.3, -0.25) is 9.59 Å². The molecule has 1 aliphatic heterocycles. The quantitative estimate of drug-likeness (QED) is 0.610. The molecule has 0 radical (unpaired) electrons. The molecule has 0 aromatic heterocycles. The third-order valence-corrected chi connectivity index (χ3v) is 3.92. The number of benzene rings is 1. The Morgan fingerprint density at radius 3 is 2.78 bits per heavy atom. The summed E-state index contributed by atoms with van der Waals surface area (Å²) in [4.78, 5) is 34.5. The number of carbonyl (C=O) groups excluding carboxylic acids is 2. The minimum Gasteiger partial charge on any atom is -0.479 e. The highest BCUT2D eigenvalue weighted by molar-refractivity contribution is 5.96. The van der Waals surface area contributed by atoms with Crippen molar-refractivity contribution in [2.45, 2.75) is 31.8 Å². The number of nitrogens with one attached hydrogen (secondary N) is 2. The minimum absolute atomic E-state index is 0.0932. The lowest BCUT2D eigenvalue weighted by molar-refractivity contribution is -0.156. The van der Waals surface area contributed by atoms with Crippen LogP contribution in [-0.4, -0.2) is 40.1 Å². The van der Waals surface area contributed by atoms with Crippen molar-refractivity contribution in [1.29, 1.82) is 0 Å². The molecule has 0 saturated heterocycles. The number of para-hydroxylation sites is 1. The Labute approximate surface area is 133 Å². The average Bonchev–Trinajstić information content (AvgIpc) is 2.50. The molecule has 23 heavy (non-hydrogen) atoms. The van der Waals surface area contributed by atoms with Crippen molar-refractivity contribution in [2.75, 3.05) is 11.9 Å². The van der Waals surface area contributed by atoms with Gasteiger partial charge in [0.1, 0.15) is 0 Å². The first-order valence-corrected chi connectivity index (χ1v) is 7.41. The van der Waals surface area contributed by atoms with Crippen molar-refractivity contribution in [3.63, 3.8) is 0 Å². The third-order valence-electron chi connectivity index (χ3n) is 3.92. The van der Waals surface area contributed by atoms with Crippen molar-refractivity contribution < 1.29 is 24.6 Å². The summed E-state index contributed by atoms with van der Waals surface area (Å²) in [5.74, 6) is -2.20. The lowest BCUT2D eigenvalue weighted by Gasteiger charge is -2.24. The molecule has 0 saturated carbocycles. The van der Waals surface area contributed by atoms with E-state index in [1.165, 1.54) is 0 Å². The van der Waals surface area contributed by atoms with Crippen LogP contribution in [-0.2, 0) is 20.8 Å². The van der Waals surface area contributed by atoms with Gasteiger partial charge in [-0.15, -0.1) is 0 Å². The second-order valence-electron chi connectivity index (χ2n) is 5.94. The largest absolute Gasteiger partial charge is 0.479 e. The van der Waals surface area contributed by atoms with Gasteiger partial charge >= 0.3 is 5.97 Å². The van der Waals surface area contributed by atoms with Gasteiger partial charge in [0.25, 0.3) is 0 Å². The highest BCUT2D eigenvalue weighted by atomic mass is 16.4. The predicted molar refractivity (Wildman–Crippen MR) is 82.8 cm³/mol. The van der Waals surface area contributed by atoms with E-state index in [0.717, 1.165) is 18.2 Å². The number of hydrogen-bond donors (Lipinski definition) is 4. The van der Waals surface area contributed by atoms with Gasteiger partial charge in [0, 0.05) is 18.0 Å². The van der Waals surface area contributed by atoms with E-state index in [0.29, 0.717) is 12.8 Å². The minimum atomic E-state index is -2.00. The Morgan fingerprint density at radius 2 is 2.09 bits per heavy atom. The molecular weight excluding hydrogens is 300 g/mol. The number of amides is 2. The van der Waals surface area contributed by atoms with Gasteiger partial charge in [-0.2, -0.15) is 0 Å². The summed E-state index contributed by atoms with van der Waals surface area (Å²) < 4.78 is 0. The van der Waals surface area contributed by atoms with E-state index in [9.17, 15) is 19.5 Å². The van der Waals surface area contributed by atoms with E-state index in [-0.39, 0.29) is 24.8 Å². The predicted octanol–water partition coefficient (Wildman–Crippen LogP) is 0.529. The molecule has 0 fully saturated rings. The summed E-state index contributed by atoms with van der Waals surface area (Å²) in [6.45, 7) is 0.738. The number of hydrogen-bond acceptors (Lipinski definition) is 4. The van der Waals surface area contributed by atoms with E-state index in [2.05, 4.69) is 10.6 Å². The standard InChI is InChI=1S/C16H20N2O5/c1-16(23,15(21)22)9-17-13(19)7-6-11-8-10-4-2-3-5-12(10)18-14(11)20/h2-5,11,23H,6-9H2,1H3,(H,17,19)(H,18,20)(H,21,22). The molecule has 1 heterocycles. The van der Waals surface area contributed by atoms with E-state index in [1.807, 2.05) is 24.3 Å². The van der Waals surface area contributed by atoms with Gasteiger partial charge in [0.15, 0.2) is 5.60 Å². The SMILES string of the molecule is CC(O)(CNC(=O)CCC1Cc2ccccc2NC1=O)C(=O)O. The van der Waals surface area contributed by atoms with E-state index < -0.39 is 17.5 Å². The summed E-state index contributed by atoms with van der Waals surface area (Å²) in [6.07, 6.45) is 1.03. The molecule has 0 spiro atoms. The first-order chi connectivity index (χ1) is 10.8. The van der Waals surface area contributed by atoms with Crippen LogP contribution >= 0.6 is 0 Å². The summed E-state index contributed by atoms with van der Waals surface area (Å²) in [7, 11) is 0. The number of carbonyl (C=O) groups is 3. The fourth-order valence-corrected chi connectivity index (χ4v) is 2.39. The number of aliphatic hydroxyl groups is 1. The molecular formula is C16H20N2O5. The Morgan fingerprint density at radius 1 is 1.39 bits per heavy atom. The monoisotopic (exact) mass is 320 g/mol. The zero-order valence-corrected chi connectivity index (χ0v) is 12.8. The third kappa shape index (κ3) is 4.29. The van der Waals surface area contributed by atoms with Gasteiger partial charge in [-0.25, -0.2) is 4.79 Å². The van der Waals surface area contributed by atoms with Gasteiger partial charge in [0.2, 0.25) is 11.8 Å². The molecule has 7 heteroatoms. The van der Waals surface area contributed by atoms with Gasteiger partial charge in [0.05, 0.1) is 6.54 Å². The Hall–Kier alpha value is -2.41. The van der Waals surface area contributed by atoms with E-state index in [4.69, 9.17) is 5.11 Å². The normalized spacial score (nSPS) is 19.2. The van der Waals surface area contributed by atoms with E-state index in [1.54, 1.807) is 0 Å². The number of carboxylic acids is 1. The molecule has 1 aliphatic rings. The Balaban J connectivity index is 1.83. The smallest absolute Gasteiger partial charge is 0.337 e. The number of anilines is 1. The lowest BCUT2D eigenvalue weighted by atomic mass is 9.89. The Bertz CT molecular complexity index is 627. The van der Waals surface area contributed by atoms with Crippen LogP contribution in [0.3, 0.4) is 0 Å². The molecule has 7 nitrogen and oxygen atoms in total. The zero-order valence-electron chi connectivity index (χ0n) is 12.8. The van der Waals surface area contributed by atoms with E-state index >= 15 is 0 Å². The number of aliphatic carboxylic acids is 1. The molecule has 0 bridgehead atoms. The second-order valence-corrected chi connectivity index (χ2v) is 5.94. The fraction of sp³-hybridized carbons (Fsp3) is 0.438. The molecule has 124 valence electrons. The van der Waals surface area contributed by atoms with Crippen LogP contribution in [0.25, 0.3) is 0 Å². The number of rotatable bonds is 6. The lowest BCUT2D eigenvalue weighted by Crippen LogP contribution is -2.46.